The molecule has 0 atom stereocenters. The molecule has 0 bridgehead atoms. The van der Waals surface area contributed by atoms with Crippen molar-refractivity contribution in [1.82, 2.24) is 4.90 Å². The van der Waals surface area contributed by atoms with Gasteiger partial charge in [0.2, 0.25) is 5.91 Å². The summed E-state index contributed by atoms with van der Waals surface area (Å²) in [6, 6.07) is 7.79. The van der Waals surface area contributed by atoms with E-state index >= 15 is 0 Å². The van der Waals surface area contributed by atoms with Gasteiger partial charge in [-0.1, -0.05) is 12.1 Å². The number of nitrogens with zero attached hydrogens (tertiary/aromatic N) is 1. The lowest BCUT2D eigenvalue weighted by atomic mass is 10.0. The van der Waals surface area contributed by atoms with Crippen LogP contribution in [-0.2, 0) is 33.7 Å². The van der Waals surface area contributed by atoms with Crippen LogP contribution < -0.4 is 5.32 Å². The Morgan fingerprint density at radius 1 is 1.23 bits per heavy atom. The Bertz CT molecular complexity index is 940. The van der Waals surface area contributed by atoms with Gasteiger partial charge in [0.05, 0.1) is 32.2 Å². The number of carbonyl (C=O) groups excluding carboxylic acids is 3. The van der Waals surface area contributed by atoms with Crippen LogP contribution in [0.2, 0.25) is 0 Å². The fourth-order valence-electron chi connectivity index (χ4n) is 3.28. The number of nitrogens with one attached hydrogen (secondary N) is 1. The number of thioether (sulfide) groups is 1. The summed E-state index contributed by atoms with van der Waals surface area (Å²) in [5.74, 6) is -0.699. The number of rotatable bonds is 6. The van der Waals surface area contributed by atoms with Crippen molar-refractivity contribution in [3.05, 3.63) is 45.8 Å². The number of esters is 1. The summed E-state index contributed by atoms with van der Waals surface area (Å²) in [6.45, 7) is 2.85. The number of hydrogen-bond donors (Lipinski definition) is 1. The molecule has 0 saturated carbocycles. The summed E-state index contributed by atoms with van der Waals surface area (Å²) in [5.41, 5.74) is 2.10. The quantitative estimate of drug-likeness (QED) is 0.532. The highest BCUT2D eigenvalue weighted by molar-refractivity contribution is 7.98. The average Bonchev–Trinajstić information content (AvgIpc) is 3.10. The van der Waals surface area contributed by atoms with Gasteiger partial charge in [-0.3, -0.25) is 4.79 Å². The second-order valence-electron chi connectivity index (χ2n) is 6.64. The van der Waals surface area contributed by atoms with Crippen molar-refractivity contribution in [2.24, 2.45) is 0 Å². The molecular formula is C21H24N2O5S2. The monoisotopic (exact) mass is 448 g/mol. The van der Waals surface area contributed by atoms with Gasteiger partial charge >= 0.3 is 12.1 Å². The third-order valence-electron chi connectivity index (χ3n) is 4.75. The van der Waals surface area contributed by atoms with Crippen molar-refractivity contribution in [2.45, 2.75) is 31.2 Å². The molecule has 1 aliphatic heterocycles. The summed E-state index contributed by atoms with van der Waals surface area (Å²) in [5, 5.41) is 3.33. The molecule has 2 heterocycles. The van der Waals surface area contributed by atoms with E-state index in [9.17, 15) is 14.4 Å². The summed E-state index contributed by atoms with van der Waals surface area (Å²) in [7, 11) is 1.32. The van der Waals surface area contributed by atoms with Crippen LogP contribution in [0.15, 0.2) is 29.2 Å². The largest absolute Gasteiger partial charge is 0.465 e. The van der Waals surface area contributed by atoms with Crippen molar-refractivity contribution in [2.75, 3.05) is 31.8 Å². The average molecular weight is 449 g/mol. The number of carbonyl (C=O) groups is 3. The molecule has 0 spiro atoms. The van der Waals surface area contributed by atoms with Gasteiger partial charge in [0, 0.05) is 16.3 Å². The predicted molar refractivity (Wildman–Crippen MR) is 117 cm³/mol. The van der Waals surface area contributed by atoms with Crippen molar-refractivity contribution in [3.8, 4) is 0 Å². The molecule has 9 heteroatoms. The van der Waals surface area contributed by atoms with E-state index in [1.807, 2.05) is 30.5 Å². The van der Waals surface area contributed by atoms with Crippen molar-refractivity contribution in [3.63, 3.8) is 0 Å². The van der Waals surface area contributed by atoms with Crippen LogP contribution in [0.4, 0.5) is 9.80 Å². The van der Waals surface area contributed by atoms with Gasteiger partial charge in [0.1, 0.15) is 5.00 Å². The summed E-state index contributed by atoms with van der Waals surface area (Å²) >= 11 is 2.94. The van der Waals surface area contributed by atoms with Crippen molar-refractivity contribution >= 4 is 46.1 Å². The van der Waals surface area contributed by atoms with E-state index in [4.69, 9.17) is 9.47 Å². The van der Waals surface area contributed by atoms with Gasteiger partial charge < -0.3 is 19.7 Å². The minimum absolute atomic E-state index is 0.201. The molecule has 1 aromatic carbocycles. The zero-order valence-corrected chi connectivity index (χ0v) is 18.8. The van der Waals surface area contributed by atoms with Gasteiger partial charge in [-0.05, 0) is 42.9 Å². The number of amides is 2. The third-order valence-corrected chi connectivity index (χ3v) is 6.62. The molecule has 0 aliphatic carbocycles. The Kier molecular flexibility index (Phi) is 7.38. The SMILES string of the molecule is CCOC(=O)N1CCc2c(sc(NC(=O)Cc3ccc(SC)cc3)c2C(=O)OC)C1. The molecule has 1 aromatic heterocycles. The summed E-state index contributed by atoms with van der Waals surface area (Å²) < 4.78 is 10.0. The Morgan fingerprint density at radius 2 is 1.97 bits per heavy atom. The van der Waals surface area contributed by atoms with E-state index < -0.39 is 5.97 Å². The lowest BCUT2D eigenvalue weighted by Crippen LogP contribution is -2.36. The van der Waals surface area contributed by atoms with Crippen LogP contribution in [0.25, 0.3) is 0 Å². The molecule has 30 heavy (non-hydrogen) atoms. The van der Waals surface area contributed by atoms with Crippen molar-refractivity contribution in [1.29, 1.82) is 0 Å². The second-order valence-corrected chi connectivity index (χ2v) is 8.63. The molecule has 0 fully saturated rings. The molecule has 7 nitrogen and oxygen atoms in total. The molecule has 0 unspecified atom stereocenters. The fraction of sp³-hybridized carbons (Fsp3) is 0.381. The highest BCUT2D eigenvalue weighted by Gasteiger charge is 2.31. The lowest BCUT2D eigenvalue weighted by molar-refractivity contribution is -0.115. The highest BCUT2D eigenvalue weighted by Crippen LogP contribution is 2.37. The predicted octanol–water partition coefficient (Wildman–Crippen LogP) is 3.95. The van der Waals surface area contributed by atoms with Crippen LogP contribution in [0.1, 0.15) is 33.3 Å². The van der Waals surface area contributed by atoms with E-state index in [2.05, 4.69) is 5.32 Å². The first-order chi connectivity index (χ1) is 14.5. The number of ether oxygens (including phenoxy) is 2. The molecule has 3 rings (SSSR count). The summed E-state index contributed by atoms with van der Waals surface area (Å²) in [4.78, 5) is 40.7. The van der Waals surface area contributed by atoms with Gasteiger partial charge in [-0.15, -0.1) is 23.1 Å². The Hall–Kier alpha value is -2.52. The zero-order chi connectivity index (χ0) is 21.7. The standard InChI is InChI=1S/C21H24N2O5S2/c1-4-28-21(26)23-10-9-15-16(12-23)30-19(18(15)20(25)27-2)22-17(24)11-13-5-7-14(29-3)8-6-13/h5-8H,4,9-12H2,1-3H3,(H,22,24). The highest BCUT2D eigenvalue weighted by atomic mass is 32.2. The minimum Gasteiger partial charge on any atom is -0.465 e. The van der Waals surface area contributed by atoms with E-state index in [1.54, 1.807) is 23.6 Å². The number of hydrogen-bond acceptors (Lipinski definition) is 7. The first-order valence-electron chi connectivity index (χ1n) is 9.54. The minimum atomic E-state index is -0.489. The maximum absolute atomic E-state index is 12.6. The first-order valence-corrected chi connectivity index (χ1v) is 11.6. The first kappa shape index (κ1) is 22.2. The molecule has 0 radical (unpaired) electrons. The molecule has 160 valence electrons. The molecule has 1 aliphatic rings. The normalized spacial score (nSPS) is 12.8. The molecule has 2 amide bonds. The number of fused-ring (bicyclic) bond motifs is 1. The van der Waals surface area contributed by atoms with Gasteiger partial charge in [-0.25, -0.2) is 9.59 Å². The van der Waals surface area contributed by atoms with Crippen LogP contribution in [-0.4, -0.2) is 49.4 Å². The Morgan fingerprint density at radius 3 is 2.60 bits per heavy atom. The Balaban J connectivity index is 1.79. The van der Waals surface area contributed by atoms with E-state index in [-0.39, 0.29) is 18.4 Å². The van der Waals surface area contributed by atoms with Gasteiger partial charge in [-0.2, -0.15) is 0 Å². The Labute approximate surface area is 183 Å². The molecular weight excluding hydrogens is 424 g/mol. The number of anilines is 1. The number of benzene rings is 1. The van der Waals surface area contributed by atoms with Crippen molar-refractivity contribution < 1.29 is 23.9 Å². The zero-order valence-electron chi connectivity index (χ0n) is 17.1. The molecule has 1 N–H and O–H groups in total. The van der Waals surface area contributed by atoms with Gasteiger partial charge in [0.15, 0.2) is 0 Å². The smallest absolute Gasteiger partial charge is 0.410 e. The lowest BCUT2D eigenvalue weighted by Gasteiger charge is -2.26. The second kappa shape index (κ2) is 9.99. The number of thiophene rings is 1. The number of methoxy groups -OCH3 is 1. The summed E-state index contributed by atoms with van der Waals surface area (Å²) in [6.07, 6.45) is 2.32. The topological polar surface area (TPSA) is 84.9 Å². The fourth-order valence-corrected chi connectivity index (χ4v) is 4.96. The maximum Gasteiger partial charge on any atom is 0.410 e. The molecule has 0 saturated heterocycles. The maximum atomic E-state index is 12.6. The van der Waals surface area contributed by atoms with Gasteiger partial charge in [0.25, 0.3) is 0 Å². The van der Waals surface area contributed by atoms with E-state index in [0.29, 0.717) is 36.7 Å². The molecule has 2 aromatic rings. The van der Waals surface area contributed by atoms with Crippen LogP contribution >= 0.6 is 23.1 Å². The van der Waals surface area contributed by atoms with Crippen LogP contribution in [0, 0.1) is 0 Å². The van der Waals surface area contributed by atoms with Crippen LogP contribution in [0.5, 0.6) is 0 Å². The van der Waals surface area contributed by atoms with E-state index in [0.717, 1.165) is 20.9 Å². The third kappa shape index (κ3) is 4.96. The van der Waals surface area contributed by atoms with Crippen LogP contribution in [0.3, 0.4) is 0 Å². The van der Waals surface area contributed by atoms with E-state index in [1.165, 1.54) is 18.4 Å².